The van der Waals surface area contributed by atoms with Gasteiger partial charge in [-0.1, -0.05) is 12.8 Å². The molecule has 1 amide bonds. The monoisotopic (exact) mass is 343 g/mol. The fourth-order valence-corrected chi connectivity index (χ4v) is 3.13. The maximum absolute atomic E-state index is 11.7. The second-order valence-corrected chi connectivity index (χ2v) is 6.37. The minimum Gasteiger partial charge on any atom is -0.379 e. The van der Waals surface area contributed by atoms with Crippen molar-refractivity contribution in [3.63, 3.8) is 0 Å². The summed E-state index contributed by atoms with van der Waals surface area (Å²) in [7, 11) is 0. The number of anilines is 3. The third-order valence-corrected chi connectivity index (χ3v) is 4.52. The fourth-order valence-electron chi connectivity index (χ4n) is 3.13. The van der Waals surface area contributed by atoms with Crippen LogP contribution in [0.4, 0.5) is 17.2 Å². The van der Waals surface area contributed by atoms with Gasteiger partial charge in [-0.2, -0.15) is 5.10 Å². The van der Waals surface area contributed by atoms with Gasteiger partial charge in [0.1, 0.15) is 0 Å². The summed E-state index contributed by atoms with van der Waals surface area (Å²) in [6, 6.07) is 4.01. The number of aryl methyl sites for hydroxylation is 1. The van der Waals surface area contributed by atoms with Crippen molar-refractivity contribution in [2.24, 2.45) is 11.5 Å². The number of pyridine rings is 1. The molecule has 1 fully saturated rings. The second-order valence-electron chi connectivity index (χ2n) is 6.37. The summed E-state index contributed by atoms with van der Waals surface area (Å²) in [4.78, 5) is 15.9. The molecule has 0 bridgehead atoms. The van der Waals surface area contributed by atoms with Crippen molar-refractivity contribution >= 4 is 23.1 Å². The summed E-state index contributed by atoms with van der Waals surface area (Å²) >= 11 is 0. The first-order valence-corrected chi connectivity index (χ1v) is 8.69. The first kappa shape index (κ1) is 17.2. The number of primary amides is 1. The lowest BCUT2D eigenvalue weighted by molar-refractivity contribution is 0.0996. The van der Waals surface area contributed by atoms with Crippen LogP contribution in [0.2, 0.25) is 0 Å². The normalized spacial score (nSPS) is 20.2. The lowest BCUT2D eigenvalue weighted by Crippen LogP contribution is -2.42. The van der Waals surface area contributed by atoms with E-state index in [-0.39, 0.29) is 17.8 Å². The van der Waals surface area contributed by atoms with Crippen LogP contribution in [0.15, 0.2) is 24.5 Å². The van der Waals surface area contributed by atoms with E-state index in [2.05, 4.69) is 20.7 Å². The summed E-state index contributed by atoms with van der Waals surface area (Å²) in [5.41, 5.74) is 13.2. The summed E-state index contributed by atoms with van der Waals surface area (Å²) in [6.07, 6.45) is 7.87. The molecule has 8 heteroatoms. The van der Waals surface area contributed by atoms with Gasteiger partial charge < -0.3 is 22.1 Å². The Morgan fingerprint density at radius 2 is 2.20 bits per heavy atom. The quantitative estimate of drug-likeness (QED) is 0.634. The van der Waals surface area contributed by atoms with Gasteiger partial charge in [-0.3, -0.25) is 9.48 Å². The highest BCUT2D eigenvalue weighted by Gasteiger charge is 2.22. The van der Waals surface area contributed by atoms with Gasteiger partial charge in [-0.25, -0.2) is 4.98 Å². The molecule has 2 aromatic rings. The minimum absolute atomic E-state index is 0.126. The maximum atomic E-state index is 11.7. The van der Waals surface area contributed by atoms with Crippen LogP contribution in [0.5, 0.6) is 0 Å². The molecule has 1 aliphatic rings. The van der Waals surface area contributed by atoms with Crippen LogP contribution >= 0.6 is 0 Å². The van der Waals surface area contributed by atoms with Crippen LogP contribution in [0.1, 0.15) is 43.1 Å². The third kappa shape index (κ3) is 4.08. The van der Waals surface area contributed by atoms with E-state index in [9.17, 15) is 4.79 Å². The van der Waals surface area contributed by atoms with Crippen molar-refractivity contribution < 1.29 is 4.79 Å². The van der Waals surface area contributed by atoms with E-state index < -0.39 is 5.91 Å². The van der Waals surface area contributed by atoms with Crippen molar-refractivity contribution in [1.82, 2.24) is 14.8 Å². The van der Waals surface area contributed by atoms with Gasteiger partial charge >= 0.3 is 0 Å². The zero-order valence-electron chi connectivity index (χ0n) is 14.4. The molecule has 0 aromatic carbocycles. The molecule has 2 aromatic heterocycles. The number of nitrogens with two attached hydrogens (primary N) is 2. The van der Waals surface area contributed by atoms with E-state index in [0.717, 1.165) is 31.5 Å². The van der Waals surface area contributed by atoms with Crippen LogP contribution in [-0.4, -0.2) is 32.8 Å². The number of hydrogen-bond donors (Lipinski definition) is 4. The Hall–Kier alpha value is -2.61. The van der Waals surface area contributed by atoms with Crippen molar-refractivity contribution in [3.8, 4) is 0 Å². The summed E-state index contributed by atoms with van der Waals surface area (Å²) in [5, 5.41) is 10.9. The number of amides is 1. The highest BCUT2D eigenvalue weighted by atomic mass is 16.1. The van der Waals surface area contributed by atoms with Gasteiger partial charge in [-0.05, 0) is 25.8 Å². The molecular formula is C17H25N7O. The number of carbonyl (C=O) groups is 1. The first-order valence-electron chi connectivity index (χ1n) is 8.69. The standard InChI is InChI=1S/C17H25N7O/c1-2-24-8-7-15(23-24)22-14-9-11(10-20-16(14)17(19)25)21-13-6-4-3-5-12(13)18/h7-10,12-13,21H,2-6,18H2,1H3,(H2,19,25)(H,22,23)/t12-,13+/m0/s1. The molecule has 0 spiro atoms. The Balaban J connectivity index is 1.82. The molecule has 2 atom stereocenters. The predicted molar refractivity (Wildman–Crippen MR) is 97.8 cm³/mol. The van der Waals surface area contributed by atoms with E-state index in [4.69, 9.17) is 11.5 Å². The van der Waals surface area contributed by atoms with Gasteiger partial charge in [0.2, 0.25) is 0 Å². The van der Waals surface area contributed by atoms with Crippen LogP contribution in [-0.2, 0) is 6.54 Å². The van der Waals surface area contributed by atoms with Crippen molar-refractivity contribution in [2.45, 2.75) is 51.2 Å². The minimum atomic E-state index is -0.585. The highest BCUT2D eigenvalue weighted by molar-refractivity contribution is 5.97. The smallest absolute Gasteiger partial charge is 0.269 e. The molecule has 8 nitrogen and oxygen atoms in total. The van der Waals surface area contributed by atoms with Crippen molar-refractivity contribution in [1.29, 1.82) is 0 Å². The molecule has 0 unspecified atom stereocenters. The largest absolute Gasteiger partial charge is 0.379 e. The Morgan fingerprint density at radius 3 is 2.88 bits per heavy atom. The average molecular weight is 343 g/mol. The average Bonchev–Trinajstić information content (AvgIpc) is 3.04. The van der Waals surface area contributed by atoms with Crippen LogP contribution in [0.3, 0.4) is 0 Å². The Morgan fingerprint density at radius 1 is 1.40 bits per heavy atom. The molecule has 2 heterocycles. The molecule has 0 saturated heterocycles. The fraction of sp³-hybridized carbons (Fsp3) is 0.471. The van der Waals surface area contributed by atoms with Crippen LogP contribution in [0, 0.1) is 0 Å². The number of aromatic nitrogens is 3. The zero-order valence-corrected chi connectivity index (χ0v) is 14.4. The Kier molecular flexibility index (Phi) is 5.18. The third-order valence-electron chi connectivity index (χ3n) is 4.52. The lowest BCUT2D eigenvalue weighted by Gasteiger charge is -2.30. The molecule has 134 valence electrons. The molecular weight excluding hydrogens is 318 g/mol. The lowest BCUT2D eigenvalue weighted by atomic mass is 9.91. The molecule has 6 N–H and O–H groups in total. The molecule has 1 aliphatic carbocycles. The zero-order chi connectivity index (χ0) is 17.8. The topological polar surface area (TPSA) is 124 Å². The van der Waals surface area contributed by atoms with Gasteiger partial charge in [0.05, 0.1) is 17.6 Å². The van der Waals surface area contributed by atoms with Crippen molar-refractivity contribution in [3.05, 3.63) is 30.2 Å². The molecule has 25 heavy (non-hydrogen) atoms. The Labute approximate surface area is 147 Å². The number of carbonyl (C=O) groups excluding carboxylic acids is 1. The second kappa shape index (κ2) is 7.52. The molecule has 3 rings (SSSR count). The Bertz CT molecular complexity index is 742. The molecule has 1 saturated carbocycles. The van der Waals surface area contributed by atoms with E-state index in [0.29, 0.717) is 11.5 Å². The van der Waals surface area contributed by atoms with Crippen LogP contribution in [0.25, 0.3) is 0 Å². The highest BCUT2D eigenvalue weighted by Crippen LogP contribution is 2.25. The summed E-state index contributed by atoms with van der Waals surface area (Å²) < 4.78 is 1.79. The van der Waals surface area contributed by atoms with Gasteiger partial charge in [-0.15, -0.1) is 0 Å². The van der Waals surface area contributed by atoms with Crippen LogP contribution < -0.4 is 22.1 Å². The van der Waals surface area contributed by atoms with E-state index in [1.807, 2.05) is 25.3 Å². The van der Waals surface area contributed by atoms with Gasteiger partial charge in [0.25, 0.3) is 5.91 Å². The first-order chi connectivity index (χ1) is 12.1. The summed E-state index contributed by atoms with van der Waals surface area (Å²) in [6.45, 7) is 2.77. The summed E-state index contributed by atoms with van der Waals surface area (Å²) in [5.74, 6) is 0.0519. The van der Waals surface area contributed by atoms with Gasteiger partial charge in [0.15, 0.2) is 11.5 Å². The van der Waals surface area contributed by atoms with E-state index in [1.165, 1.54) is 6.42 Å². The maximum Gasteiger partial charge on any atom is 0.269 e. The SMILES string of the molecule is CCn1ccc(Nc2cc(N[C@@H]3CCCC[C@@H]3N)cnc2C(N)=O)n1. The number of rotatable bonds is 6. The van der Waals surface area contributed by atoms with E-state index in [1.54, 1.807) is 10.9 Å². The number of nitrogens with zero attached hydrogens (tertiary/aromatic N) is 3. The van der Waals surface area contributed by atoms with Gasteiger partial charge in [0, 0.05) is 30.9 Å². The number of hydrogen-bond acceptors (Lipinski definition) is 6. The number of nitrogens with one attached hydrogen (secondary N) is 2. The predicted octanol–water partition coefficient (Wildman–Crippen LogP) is 1.82. The molecule has 0 aliphatic heterocycles. The molecule has 0 radical (unpaired) electrons. The van der Waals surface area contributed by atoms with E-state index >= 15 is 0 Å². The van der Waals surface area contributed by atoms with Crippen molar-refractivity contribution in [2.75, 3.05) is 10.6 Å².